The zero-order valence-electron chi connectivity index (χ0n) is 11.5. The number of halogens is 1. The van der Waals surface area contributed by atoms with Crippen molar-refractivity contribution >= 4 is 32.6 Å². The molecule has 1 saturated heterocycles. The van der Waals surface area contributed by atoms with E-state index in [1.54, 1.807) is 0 Å². The van der Waals surface area contributed by atoms with E-state index in [1.165, 1.54) is 0 Å². The van der Waals surface area contributed by atoms with Gasteiger partial charge in [-0.1, -0.05) is 0 Å². The van der Waals surface area contributed by atoms with Gasteiger partial charge in [0.15, 0.2) is 15.5 Å². The lowest BCUT2D eigenvalue weighted by atomic mass is 10.2. The quantitative estimate of drug-likeness (QED) is 0.808. The van der Waals surface area contributed by atoms with Crippen molar-refractivity contribution in [2.75, 3.05) is 11.5 Å². The number of rotatable bonds is 3. The number of nitrogens with zero attached hydrogens (tertiary/aromatic N) is 4. The average molecular weight is 317 g/mol. The third-order valence-corrected chi connectivity index (χ3v) is 5.80. The van der Waals surface area contributed by atoms with Gasteiger partial charge in [0, 0.05) is 6.54 Å². The second kappa shape index (κ2) is 4.73. The lowest BCUT2D eigenvalue weighted by Crippen LogP contribution is -2.16. The van der Waals surface area contributed by atoms with Crippen LogP contribution in [0.15, 0.2) is 0 Å². The highest BCUT2D eigenvalue weighted by atomic mass is 35.5. The fourth-order valence-corrected chi connectivity index (χ4v) is 4.80. The molecule has 1 unspecified atom stereocenters. The van der Waals surface area contributed by atoms with Crippen LogP contribution in [0.5, 0.6) is 0 Å². The van der Waals surface area contributed by atoms with Gasteiger partial charge < -0.3 is 4.57 Å². The molecule has 110 valence electrons. The van der Waals surface area contributed by atoms with E-state index in [-0.39, 0.29) is 23.4 Å². The second-order valence-electron chi connectivity index (χ2n) is 5.16. The number of alkyl halides is 1. The zero-order chi connectivity index (χ0) is 14.5. The number of aryl methyl sites for hydroxylation is 2. The van der Waals surface area contributed by atoms with E-state index in [9.17, 15) is 8.42 Å². The summed E-state index contributed by atoms with van der Waals surface area (Å²) in [6.07, 6.45) is 0.617. The van der Waals surface area contributed by atoms with Crippen LogP contribution in [0.3, 0.4) is 0 Å². The topological polar surface area (TPSA) is 69.8 Å². The van der Waals surface area contributed by atoms with Gasteiger partial charge in [0.1, 0.15) is 11.3 Å². The van der Waals surface area contributed by atoms with Crippen LogP contribution in [0.4, 0.5) is 0 Å². The van der Waals surface area contributed by atoms with Gasteiger partial charge in [0.25, 0.3) is 0 Å². The molecule has 0 saturated carbocycles. The monoisotopic (exact) mass is 316 g/mol. The molecule has 0 bridgehead atoms. The Bertz CT molecular complexity index is 762. The Morgan fingerprint density at radius 2 is 2.20 bits per heavy atom. The summed E-state index contributed by atoms with van der Waals surface area (Å²) in [6, 6.07) is -0.0832. The first-order valence-corrected chi connectivity index (χ1v) is 9.03. The molecule has 0 aromatic carbocycles. The molecule has 0 N–H and O–H groups in total. The van der Waals surface area contributed by atoms with E-state index in [2.05, 4.69) is 10.1 Å². The summed E-state index contributed by atoms with van der Waals surface area (Å²) in [5.41, 5.74) is 2.57. The third-order valence-electron chi connectivity index (χ3n) is 3.81. The summed E-state index contributed by atoms with van der Waals surface area (Å²) < 4.78 is 27.3. The van der Waals surface area contributed by atoms with Crippen LogP contribution in [0.2, 0.25) is 0 Å². The van der Waals surface area contributed by atoms with Gasteiger partial charge in [-0.05, 0) is 20.3 Å². The maximum absolute atomic E-state index is 11.7. The Labute approximate surface area is 122 Å². The molecule has 8 heteroatoms. The first kappa shape index (κ1) is 13.9. The molecule has 0 spiro atoms. The summed E-state index contributed by atoms with van der Waals surface area (Å²) >= 11 is 6.00. The van der Waals surface area contributed by atoms with Crippen LogP contribution in [-0.4, -0.2) is 39.3 Å². The summed E-state index contributed by atoms with van der Waals surface area (Å²) in [4.78, 5) is 4.54. The molecule has 0 aliphatic carbocycles. The van der Waals surface area contributed by atoms with Gasteiger partial charge in [0.05, 0.1) is 29.1 Å². The van der Waals surface area contributed by atoms with Gasteiger partial charge in [0.2, 0.25) is 0 Å². The van der Waals surface area contributed by atoms with Gasteiger partial charge in [-0.15, -0.1) is 11.6 Å². The Morgan fingerprint density at radius 3 is 2.75 bits per heavy atom. The van der Waals surface area contributed by atoms with Gasteiger partial charge in [-0.25, -0.2) is 18.1 Å². The predicted molar refractivity (Wildman–Crippen MR) is 77.8 cm³/mol. The van der Waals surface area contributed by atoms with Crippen molar-refractivity contribution in [2.24, 2.45) is 0 Å². The highest BCUT2D eigenvalue weighted by molar-refractivity contribution is 7.91. The first-order chi connectivity index (χ1) is 9.46. The van der Waals surface area contributed by atoms with Crippen LogP contribution < -0.4 is 0 Å². The molecule has 1 aliphatic rings. The molecule has 6 nitrogen and oxygen atoms in total. The molecular weight excluding hydrogens is 300 g/mol. The van der Waals surface area contributed by atoms with E-state index in [0.717, 1.165) is 29.2 Å². The van der Waals surface area contributed by atoms with Crippen LogP contribution in [0.1, 0.15) is 30.9 Å². The fraction of sp³-hybridized carbons (Fsp3) is 0.667. The van der Waals surface area contributed by atoms with Gasteiger partial charge >= 0.3 is 0 Å². The van der Waals surface area contributed by atoms with E-state index >= 15 is 0 Å². The molecule has 1 fully saturated rings. The van der Waals surface area contributed by atoms with Gasteiger partial charge in [-0.3, -0.25) is 0 Å². The summed E-state index contributed by atoms with van der Waals surface area (Å²) in [6.45, 7) is 4.64. The van der Waals surface area contributed by atoms with Crippen molar-refractivity contribution in [3.05, 3.63) is 11.5 Å². The van der Waals surface area contributed by atoms with Crippen LogP contribution in [0, 0.1) is 6.92 Å². The van der Waals surface area contributed by atoms with Crippen molar-refractivity contribution < 1.29 is 8.42 Å². The molecule has 2 aromatic heterocycles. The van der Waals surface area contributed by atoms with Crippen LogP contribution in [0.25, 0.3) is 11.2 Å². The lowest BCUT2D eigenvalue weighted by molar-refractivity contribution is 0.532. The van der Waals surface area contributed by atoms with Crippen molar-refractivity contribution in [1.29, 1.82) is 0 Å². The molecule has 0 amide bonds. The molecule has 2 aromatic rings. The molecule has 0 radical (unpaired) electrons. The first-order valence-electron chi connectivity index (χ1n) is 6.67. The molecule has 1 atom stereocenters. The van der Waals surface area contributed by atoms with E-state index in [4.69, 9.17) is 11.6 Å². The minimum Gasteiger partial charge on any atom is -0.308 e. The van der Waals surface area contributed by atoms with E-state index in [0.29, 0.717) is 6.42 Å². The minimum absolute atomic E-state index is 0.0832. The summed E-state index contributed by atoms with van der Waals surface area (Å²) in [5, 5.41) is 4.45. The average Bonchev–Trinajstić information content (AvgIpc) is 3.02. The minimum atomic E-state index is -2.95. The smallest absolute Gasteiger partial charge is 0.159 e. The zero-order valence-corrected chi connectivity index (χ0v) is 13.1. The second-order valence-corrected chi connectivity index (χ2v) is 7.66. The normalized spacial score (nSPS) is 21.9. The fourth-order valence-electron chi connectivity index (χ4n) is 2.91. The molecule has 3 rings (SSSR count). The molecule has 20 heavy (non-hydrogen) atoms. The maximum Gasteiger partial charge on any atom is 0.159 e. The number of aromatic nitrogens is 4. The standard InChI is InChI=1S/C12H17ClN4O2S/c1-3-16-12-11(8(2)15-16)14-10(6-13)17(12)9-4-5-20(18,19)7-9/h9H,3-7H2,1-2H3. The molecule has 3 heterocycles. The van der Waals surface area contributed by atoms with Gasteiger partial charge in [-0.2, -0.15) is 5.10 Å². The van der Waals surface area contributed by atoms with E-state index < -0.39 is 9.84 Å². The molecular formula is C12H17ClN4O2S. The van der Waals surface area contributed by atoms with Crippen molar-refractivity contribution in [1.82, 2.24) is 19.3 Å². The number of hydrogen-bond acceptors (Lipinski definition) is 4. The Hall–Kier alpha value is -1.08. The number of fused-ring (bicyclic) bond motifs is 1. The van der Waals surface area contributed by atoms with Crippen molar-refractivity contribution in [2.45, 2.75) is 38.7 Å². The predicted octanol–water partition coefficient (Wildman–Crippen LogP) is 1.66. The third kappa shape index (κ3) is 2.03. The number of hydrogen-bond donors (Lipinski definition) is 0. The molecule has 1 aliphatic heterocycles. The summed E-state index contributed by atoms with van der Waals surface area (Å²) in [7, 11) is -2.95. The van der Waals surface area contributed by atoms with Crippen molar-refractivity contribution in [3.8, 4) is 0 Å². The highest BCUT2D eigenvalue weighted by Gasteiger charge is 2.33. The summed E-state index contributed by atoms with van der Waals surface area (Å²) in [5.74, 6) is 1.40. The largest absolute Gasteiger partial charge is 0.308 e. The maximum atomic E-state index is 11.7. The lowest BCUT2D eigenvalue weighted by Gasteiger charge is -2.15. The Morgan fingerprint density at radius 1 is 1.45 bits per heavy atom. The number of imidazole rings is 1. The number of sulfone groups is 1. The highest BCUT2D eigenvalue weighted by Crippen LogP contribution is 2.31. The SMILES string of the molecule is CCn1nc(C)c2nc(CCl)n(C3CCS(=O)(=O)C3)c21. The Balaban J connectivity index is 2.22. The van der Waals surface area contributed by atoms with E-state index in [1.807, 2.05) is 23.1 Å². The Kier molecular flexibility index (Phi) is 3.29. The van der Waals surface area contributed by atoms with Crippen LogP contribution >= 0.6 is 11.6 Å². The van der Waals surface area contributed by atoms with Crippen LogP contribution in [-0.2, 0) is 22.3 Å². The van der Waals surface area contributed by atoms with Crippen molar-refractivity contribution in [3.63, 3.8) is 0 Å².